The Labute approximate surface area is 98.6 Å². The van der Waals surface area contributed by atoms with Gasteiger partial charge in [-0.05, 0) is 25.1 Å². The maximum absolute atomic E-state index is 5.86. The fraction of sp³-hybridized carbons (Fsp3) is 0.417. The summed E-state index contributed by atoms with van der Waals surface area (Å²) in [5.41, 5.74) is 1.03. The topological polar surface area (TPSA) is 34.1 Å². The Morgan fingerprint density at radius 2 is 2.38 bits per heavy atom. The van der Waals surface area contributed by atoms with E-state index >= 15 is 0 Å². The second-order valence-electron chi connectivity index (χ2n) is 4.16. The first-order valence-corrected chi connectivity index (χ1v) is 6.39. The van der Waals surface area contributed by atoms with Gasteiger partial charge >= 0.3 is 0 Å². The highest BCUT2D eigenvalue weighted by Gasteiger charge is 2.16. The minimum absolute atomic E-state index is 0.654. The Bertz CT molecular complexity index is 477. The van der Waals surface area contributed by atoms with Crippen molar-refractivity contribution in [3.8, 4) is 5.06 Å². The van der Waals surface area contributed by atoms with Gasteiger partial charge in [-0.2, -0.15) is 4.37 Å². The molecule has 16 heavy (non-hydrogen) atoms. The first kappa shape index (κ1) is 10.1. The van der Waals surface area contributed by atoms with Crippen molar-refractivity contribution in [1.82, 2.24) is 9.69 Å². The van der Waals surface area contributed by atoms with Gasteiger partial charge in [-0.3, -0.25) is 0 Å². The van der Waals surface area contributed by atoms with Crippen LogP contribution in [0.25, 0.3) is 10.9 Å². The van der Waals surface area contributed by atoms with Crippen LogP contribution in [-0.4, -0.2) is 24.1 Å². The third kappa shape index (κ3) is 1.90. The van der Waals surface area contributed by atoms with Crippen molar-refractivity contribution >= 4 is 22.4 Å². The number of nitrogens with zero attached hydrogens (tertiary/aromatic N) is 1. The molecule has 1 saturated heterocycles. The molecule has 0 bridgehead atoms. The molecule has 1 aromatic heterocycles. The fourth-order valence-electron chi connectivity index (χ4n) is 2.02. The molecule has 0 saturated carbocycles. The number of benzene rings is 1. The molecular formula is C12H14N2OS. The number of hydrogen-bond donors (Lipinski definition) is 1. The molecule has 1 aliphatic rings. The highest BCUT2D eigenvalue weighted by atomic mass is 32.1. The van der Waals surface area contributed by atoms with Gasteiger partial charge in [0.1, 0.15) is 0 Å². The quantitative estimate of drug-likeness (QED) is 0.884. The summed E-state index contributed by atoms with van der Waals surface area (Å²) in [5, 5.41) is 5.45. The lowest BCUT2D eigenvalue weighted by atomic mass is 10.1. The molecule has 3 rings (SSSR count). The van der Waals surface area contributed by atoms with Gasteiger partial charge in [-0.1, -0.05) is 12.1 Å². The predicted molar refractivity (Wildman–Crippen MR) is 66.1 cm³/mol. The normalized spacial score (nSPS) is 20.4. The van der Waals surface area contributed by atoms with Crippen molar-refractivity contribution in [2.45, 2.75) is 6.42 Å². The summed E-state index contributed by atoms with van der Waals surface area (Å²) in [6.45, 7) is 3.01. The summed E-state index contributed by atoms with van der Waals surface area (Å²) in [7, 11) is 0. The predicted octanol–water partition coefficient (Wildman–Crippen LogP) is 2.28. The van der Waals surface area contributed by atoms with Gasteiger partial charge in [0.05, 0.1) is 17.5 Å². The molecule has 0 radical (unpaired) electrons. The monoisotopic (exact) mass is 234 g/mol. The minimum atomic E-state index is 0.654. The average molecular weight is 234 g/mol. The smallest absolute Gasteiger partial charge is 0.201 e. The molecule has 1 unspecified atom stereocenters. The molecule has 1 fully saturated rings. The SMILES string of the molecule is c1ccc2c(OCC3CCNC3)snc2c1. The van der Waals surface area contributed by atoms with Crippen molar-refractivity contribution in [2.24, 2.45) is 5.92 Å². The summed E-state index contributed by atoms with van der Waals surface area (Å²) in [6, 6.07) is 8.13. The van der Waals surface area contributed by atoms with Gasteiger partial charge in [0.25, 0.3) is 0 Å². The molecule has 84 valence electrons. The average Bonchev–Trinajstić information content (AvgIpc) is 2.96. The molecule has 1 atom stereocenters. The van der Waals surface area contributed by atoms with Crippen molar-refractivity contribution in [1.29, 1.82) is 0 Å². The Kier molecular flexibility index (Phi) is 2.76. The third-order valence-electron chi connectivity index (χ3n) is 2.96. The van der Waals surface area contributed by atoms with E-state index in [-0.39, 0.29) is 0 Å². The van der Waals surface area contributed by atoms with E-state index in [0.717, 1.165) is 35.7 Å². The number of ether oxygens (including phenoxy) is 1. The summed E-state index contributed by atoms with van der Waals surface area (Å²) in [5.74, 6) is 0.654. The molecule has 2 heterocycles. The highest BCUT2D eigenvalue weighted by molar-refractivity contribution is 7.09. The molecule has 0 amide bonds. The number of rotatable bonds is 3. The Hall–Kier alpha value is -1.13. The third-order valence-corrected chi connectivity index (χ3v) is 3.75. The van der Waals surface area contributed by atoms with Crippen LogP contribution in [0.4, 0.5) is 0 Å². The van der Waals surface area contributed by atoms with Crippen LogP contribution in [0, 0.1) is 5.92 Å². The first-order chi connectivity index (χ1) is 7.93. The van der Waals surface area contributed by atoms with Crippen LogP contribution >= 0.6 is 11.5 Å². The maximum Gasteiger partial charge on any atom is 0.201 e. The van der Waals surface area contributed by atoms with Crippen molar-refractivity contribution < 1.29 is 4.74 Å². The van der Waals surface area contributed by atoms with Gasteiger partial charge in [-0.15, -0.1) is 0 Å². The van der Waals surface area contributed by atoms with E-state index in [1.165, 1.54) is 18.0 Å². The molecule has 2 aromatic rings. The van der Waals surface area contributed by atoms with E-state index in [9.17, 15) is 0 Å². The van der Waals surface area contributed by atoms with Crippen LogP contribution in [0.1, 0.15) is 6.42 Å². The molecule has 1 N–H and O–H groups in total. The summed E-state index contributed by atoms with van der Waals surface area (Å²) in [4.78, 5) is 0. The standard InChI is InChI=1S/C12H14N2OS/c1-2-4-11-10(3-1)12(16-14-11)15-8-9-5-6-13-7-9/h1-4,9,13H,5-8H2. The lowest BCUT2D eigenvalue weighted by molar-refractivity contribution is 0.269. The van der Waals surface area contributed by atoms with E-state index in [4.69, 9.17) is 4.74 Å². The fourth-order valence-corrected chi connectivity index (χ4v) is 2.75. The lowest BCUT2D eigenvalue weighted by Crippen LogP contribution is -2.15. The van der Waals surface area contributed by atoms with Crippen LogP contribution in [0.2, 0.25) is 0 Å². The largest absolute Gasteiger partial charge is 0.482 e. The van der Waals surface area contributed by atoms with Crippen molar-refractivity contribution in [2.75, 3.05) is 19.7 Å². The van der Waals surface area contributed by atoms with Gasteiger partial charge in [0.15, 0.2) is 0 Å². The zero-order chi connectivity index (χ0) is 10.8. The molecule has 0 aliphatic carbocycles. The van der Waals surface area contributed by atoms with Crippen LogP contribution in [0.5, 0.6) is 5.06 Å². The van der Waals surface area contributed by atoms with Gasteiger partial charge in [-0.25, -0.2) is 0 Å². The highest BCUT2D eigenvalue weighted by Crippen LogP contribution is 2.30. The van der Waals surface area contributed by atoms with E-state index < -0.39 is 0 Å². The number of aromatic nitrogens is 1. The summed E-state index contributed by atoms with van der Waals surface area (Å²) >= 11 is 1.45. The van der Waals surface area contributed by atoms with E-state index in [2.05, 4.69) is 15.8 Å². The van der Waals surface area contributed by atoms with Crippen LogP contribution in [0.3, 0.4) is 0 Å². The van der Waals surface area contributed by atoms with Crippen LogP contribution < -0.4 is 10.1 Å². The molecule has 1 aliphatic heterocycles. The number of hydrogen-bond acceptors (Lipinski definition) is 4. The second kappa shape index (κ2) is 4.39. The maximum atomic E-state index is 5.86. The first-order valence-electron chi connectivity index (χ1n) is 5.61. The van der Waals surface area contributed by atoms with E-state index in [0.29, 0.717) is 5.92 Å². The molecule has 3 nitrogen and oxygen atoms in total. The molecule has 4 heteroatoms. The minimum Gasteiger partial charge on any atom is -0.482 e. The van der Waals surface area contributed by atoms with Crippen molar-refractivity contribution in [3.05, 3.63) is 24.3 Å². The van der Waals surface area contributed by atoms with E-state index in [1.54, 1.807) is 0 Å². The van der Waals surface area contributed by atoms with E-state index in [1.807, 2.05) is 18.2 Å². The Morgan fingerprint density at radius 3 is 3.25 bits per heavy atom. The van der Waals surface area contributed by atoms with Gasteiger partial charge in [0, 0.05) is 24.0 Å². The van der Waals surface area contributed by atoms with Gasteiger partial charge < -0.3 is 10.1 Å². The van der Waals surface area contributed by atoms with Crippen LogP contribution in [0.15, 0.2) is 24.3 Å². The molecule has 0 spiro atoms. The summed E-state index contributed by atoms with van der Waals surface area (Å²) < 4.78 is 10.2. The Morgan fingerprint density at radius 1 is 1.44 bits per heavy atom. The van der Waals surface area contributed by atoms with Gasteiger partial charge in [0.2, 0.25) is 5.06 Å². The molecular weight excluding hydrogens is 220 g/mol. The zero-order valence-corrected chi connectivity index (χ0v) is 9.80. The summed E-state index contributed by atoms with van der Waals surface area (Å²) in [6.07, 6.45) is 1.22. The second-order valence-corrected chi connectivity index (χ2v) is 4.89. The Balaban J connectivity index is 1.73. The van der Waals surface area contributed by atoms with Crippen LogP contribution in [-0.2, 0) is 0 Å². The number of fused-ring (bicyclic) bond motifs is 1. The van der Waals surface area contributed by atoms with Crippen molar-refractivity contribution in [3.63, 3.8) is 0 Å². The molecule has 1 aromatic carbocycles. The number of nitrogens with one attached hydrogen (secondary N) is 1. The lowest BCUT2D eigenvalue weighted by Gasteiger charge is -2.08. The zero-order valence-electron chi connectivity index (χ0n) is 8.98.